The minimum absolute atomic E-state index is 0.340. The number of hydroxylamine groups is 1. The summed E-state index contributed by atoms with van der Waals surface area (Å²) < 4.78 is 0. The van der Waals surface area contributed by atoms with Crippen LogP contribution >= 0.6 is 11.3 Å². The van der Waals surface area contributed by atoms with Gasteiger partial charge < -0.3 is 16.0 Å². The fourth-order valence-electron chi connectivity index (χ4n) is 3.02. The molecule has 4 aromatic rings. The molecule has 9 nitrogen and oxygen atoms in total. The van der Waals surface area contributed by atoms with Crippen molar-refractivity contribution in [1.29, 1.82) is 0 Å². The minimum atomic E-state index is -0.587. The third-order valence-electron chi connectivity index (χ3n) is 4.47. The largest absolute Gasteiger partial charge is 0.340 e. The van der Waals surface area contributed by atoms with Gasteiger partial charge in [-0.2, -0.15) is 0 Å². The van der Waals surface area contributed by atoms with E-state index in [2.05, 4.69) is 25.9 Å². The predicted molar refractivity (Wildman–Crippen MR) is 120 cm³/mol. The quantitative estimate of drug-likeness (QED) is 0.232. The average Bonchev–Trinajstić information content (AvgIpc) is 3.12. The molecule has 0 saturated heterocycles. The first-order chi connectivity index (χ1) is 15.0. The van der Waals surface area contributed by atoms with Crippen LogP contribution in [0.1, 0.15) is 15.2 Å². The fourth-order valence-corrected chi connectivity index (χ4v) is 4.06. The van der Waals surface area contributed by atoms with E-state index in [9.17, 15) is 9.59 Å². The van der Waals surface area contributed by atoms with Crippen molar-refractivity contribution in [1.82, 2.24) is 15.4 Å². The molecule has 156 valence electrons. The van der Waals surface area contributed by atoms with Crippen molar-refractivity contribution in [2.45, 2.75) is 6.92 Å². The number of benzene rings is 2. The molecule has 0 bridgehead atoms. The molecule has 3 amide bonds. The summed E-state index contributed by atoms with van der Waals surface area (Å²) in [5.41, 5.74) is 4.39. The van der Waals surface area contributed by atoms with Gasteiger partial charge >= 0.3 is 6.03 Å². The molecule has 10 heteroatoms. The number of carbonyl (C=O) groups excluding carboxylic acids is 2. The highest BCUT2D eigenvalue weighted by Crippen LogP contribution is 2.34. The maximum atomic E-state index is 12.1. The highest BCUT2D eigenvalue weighted by molar-refractivity contribution is 7.20. The number of nitrogens with one attached hydrogen (secondary N) is 4. The van der Waals surface area contributed by atoms with Crippen molar-refractivity contribution in [3.63, 3.8) is 0 Å². The Morgan fingerprint density at radius 1 is 0.903 bits per heavy atom. The average molecular weight is 434 g/mol. The fraction of sp³-hybridized carbons (Fsp3) is 0.0476. The summed E-state index contributed by atoms with van der Waals surface area (Å²) in [6, 6.07) is 15.9. The Labute approximate surface area is 181 Å². The lowest BCUT2D eigenvalue weighted by atomic mass is 10.2. The van der Waals surface area contributed by atoms with Crippen LogP contribution in [-0.4, -0.2) is 27.1 Å². The summed E-state index contributed by atoms with van der Waals surface area (Å²) in [6.07, 6.45) is 1.41. The van der Waals surface area contributed by atoms with Crippen LogP contribution in [0.5, 0.6) is 0 Å². The van der Waals surface area contributed by atoms with Crippen molar-refractivity contribution < 1.29 is 14.8 Å². The number of urea groups is 1. The molecule has 0 aliphatic heterocycles. The van der Waals surface area contributed by atoms with Gasteiger partial charge in [0.15, 0.2) is 0 Å². The highest BCUT2D eigenvalue weighted by Gasteiger charge is 2.19. The van der Waals surface area contributed by atoms with Crippen LogP contribution in [0.25, 0.3) is 10.2 Å². The summed E-state index contributed by atoms with van der Waals surface area (Å²) in [5.74, 6) is -0.0473. The molecule has 0 saturated carbocycles. The van der Waals surface area contributed by atoms with E-state index in [0.29, 0.717) is 37.8 Å². The molecule has 5 N–H and O–H groups in total. The normalized spacial score (nSPS) is 10.5. The number of hydrogen-bond acceptors (Lipinski definition) is 7. The Balaban J connectivity index is 1.49. The third-order valence-corrected chi connectivity index (χ3v) is 5.67. The van der Waals surface area contributed by atoms with Crippen LogP contribution in [0.4, 0.5) is 27.7 Å². The molecular formula is C21H18N6O3S. The van der Waals surface area contributed by atoms with Gasteiger partial charge in [-0.25, -0.2) is 20.2 Å². The van der Waals surface area contributed by atoms with Crippen LogP contribution in [-0.2, 0) is 0 Å². The van der Waals surface area contributed by atoms with E-state index in [1.807, 2.05) is 18.2 Å². The topological polar surface area (TPSA) is 128 Å². The maximum absolute atomic E-state index is 12.1. The number of rotatable bonds is 5. The van der Waals surface area contributed by atoms with Crippen LogP contribution < -0.4 is 21.4 Å². The monoisotopic (exact) mass is 434 g/mol. The SMILES string of the molecule is Cc1c(C(=O)NO)sc2ncnc(Nc3ccc(NC(=O)Nc4ccccc4)cc3)c12. The Morgan fingerprint density at radius 2 is 1.55 bits per heavy atom. The minimum Gasteiger partial charge on any atom is -0.340 e. The summed E-state index contributed by atoms with van der Waals surface area (Å²) >= 11 is 1.17. The molecule has 0 aliphatic carbocycles. The number of aromatic nitrogens is 2. The van der Waals surface area contributed by atoms with Gasteiger partial charge in [0, 0.05) is 17.1 Å². The highest BCUT2D eigenvalue weighted by atomic mass is 32.1. The van der Waals surface area contributed by atoms with Gasteiger partial charge in [-0.05, 0) is 48.9 Å². The van der Waals surface area contributed by atoms with Crippen LogP contribution in [0, 0.1) is 6.92 Å². The van der Waals surface area contributed by atoms with Crippen molar-refractivity contribution in [3.8, 4) is 0 Å². The van der Waals surface area contributed by atoms with E-state index < -0.39 is 5.91 Å². The number of fused-ring (bicyclic) bond motifs is 1. The number of carbonyl (C=O) groups is 2. The first-order valence-electron chi connectivity index (χ1n) is 9.24. The molecule has 2 aromatic heterocycles. The van der Waals surface area contributed by atoms with Gasteiger partial charge in [0.05, 0.1) is 10.3 Å². The third kappa shape index (κ3) is 4.44. The van der Waals surface area contributed by atoms with Gasteiger partial charge in [-0.1, -0.05) is 18.2 Å². The first kappa shape index (κ1) is 20.3. The van der Waals surface area contributed by atoms with Crippen molar-refractivity contribution in [2.24, 2.45) is 0 Å². The number of hydrogen-bond donors (Lipinski definition) is 5. The molecule has 31 heavy (non-hydrogen) atoms. The lowest BCUT2D eigenvalue weighted by Gasteiger charge is -2.10. The molecule has 0 atom stereocenters. The Morgan fingerprint density at radius 3 is 2.23 bits per heavy atom. The van der Waals surface area contributed by atoms with Crippen LogP contribution in [0.15, 0.2) is 60.9 Å². The maximum Gasteiger partial charge on any atom is 0.323 e. The molecule has 0 spiro atoms. The Bertz CT molecular complexity index is 1240. The van der Waals surface area contributed by atoms with Gasteiger partial charge in [0.1, 0.15) is 17.0 Å². The lowest BCUT2D eigenvalue weighted by Crippen LogP contribution is -2.19. The van der Waals surface area contributed by atoms with E-state index in [4.69, 9.17) is 5.21 Å². The zero-order valence-corrected chi connectivity index (χ0v) is 17.2. The van der Waals surface area contributed by atoms with E-state index >= 15 is 0 Å². The van der Waals surface area contributed by atoms with Gasteiger partial charge in [-0.15, -0.1) is 11.3 Å². The predicted octanol–water partition coefficient (Wildman–Crippen LogP) is 4.51. The molecule has 0 aliphatic rings. The van der Waals surface area contributed by atoms with Gasteiger partial charge in [0.2, 0.25) is 0 Å². The van der Waals surface area contributed by atoms with E-state index in [0.717, 1.165) is 5.69 Å². The number of anilines is 4. The van der Waals surface area contributed by atoms with Gasteiger partial charge in [-0.3, -0.25) is 10.0 Å². The van der Waals surface area contributed by atoms with Crippen molar-refractivity contribution >= 4 is 56.4 Å². The summed E-state index contributed by atoms with van der Waals surface area (Å²) in [6.45, 7) is 1.77. The van der Waals surface area contributed by atoms with E-state index in [1.165, 1.54) is 17.7 Å². The molecule has 2 heterocycles. The zero-order valence-electron chi connectivity index (χ0n) is 16.3. The van der Waals surface area contributed by atoms with E-state index in [-0.39, 0.29) is 6.03 Å². The number of thiophene rings is 1. The number of amides is 3. The first-order valence-corrected chi connectivity index (χ1v) is 10.1. The molecule has 2 aromatic carbocycles. The Kier molecular flexibility index (Phi) is 5.74. The number of nitrogens with zero attached hydrogens (tertiary/aromatic N) is 2. The van der Waals surface area contributed by atoms with E-state index in [1.54, 1.807) is 48.8 Å². The second-order valence-corrected chi connectivity index (χ2v) is 7.55. The Hall–Kier alpha value is -4.02. The lowest BCUT2D eigenvalue weighted by molar-refractivity contribution is 0.0710. The van der Waals surface area contributed by atoms with Crippen molar-refractivity contribution in [2.75, 3.05) is 16.0 Å². The van der Waals surface area contributed by atoms with Crippen LogP contribution in [0.3, 0.4) is 0 Å². The summed E-state index contributed by atoms with van der Waals surface area (Å²) in [5, 5.41) is 18.4. The molecular weight excluding hydrogens is 416 g/mol. The molecule has 0 unspecified atom stereocenters. The van der Waals surface area contributed by atoms with Gasteiger partial charge in [0.25, 0.3) is 5.91 Å². The summed E-state index contributed by atoms with van der Waals surface area (Å²) in [4.78, 5) is 33.5. The molecule has 4 rings (SSSR count). The zero-order chi connectivity index (χ0) is 21.8. The summed E-state index contributed by atoms with van der Waals surface area (Å²) in [7, 11) is 0. The standard InChI is InChI=1S/C21H18N6O3S/c1-12-16-18(22-11-23-20(16)31-17(12)19(28)27-30)24-14-7-9-15(10-8-14)26-21(29)25-13-5-3-2-4-6-13/h2-11,30H,1H3,(H,27,28)(H,22,23,24)(H2,25,26,29). The van der Waals surface area contributed by atoms with Crippen LogP contribution in [0.2, 0.25) is 0 Å². The smallest absolute Gasteiger partial charge is 0.323 e. The number of para-hydroxylation sites is 1. The number of aryl methyl sites for hydroxylation is 1. The molecule has 0 fully saturated rings. The molecule has 0 radical (unpaired) electrons. The second-order valence-electron chi connectivity index (χ2n) is 6.55. The second kappa shape index (κ2) is 8.78. The van der Waals surface area contributed by atoms with Crippen molar-refractivity contribution in [3.05, 3.63) is 71.4 Å².